The Morgan fingerprint density at radius 1 is 1.29 bits per heavy atom. The molecule has 0 saturated heterocycles. The number of halogens is 2. The van der Waals surface area contributed by atoms with Crippen molar-refractivity contribution >= 4 is 17.3 Å². The first-order valence-corrected chi connectivity index (χ1v) is 7.20. The summed E-state index contributed by atoms with van der Waals surface area (Å²) in [5.74, 6) is -0.305. The molecule has 1 atom stereocenters. The van der Waals surface area contributed by atoms with Gasteiger partial charge >= 0.3 is 0 Å². The Morgan fingerprint density at radius 3 is 2.57 bits per heavy atom. The summed E-state index contributed by atoms with van der Waals surface area (Å²) < 4.78 is 13.7. The smallest absolute Gasteiger partial charge is 0.126 e. The van der Waals surface area contributed by atoms with Crippen molar-refractivity contribution in [1.29, 1.82) is 0 Å². The Morgan fingerprint density at radius 2 is 1.95 bits per heavy atom. The number of anilines is 1. The fourth-order valence-electron chi connectivity index (χ4n) is 2.31. The number of nitrogens with zero attached hydrogens (tertiary/aromatic N) is 1. The summed E-state index contributed by atoms with van der Waals surface area (Å²) in [5, 5.41) is 10.6. The third-order valence-electron chi connectivity index (χ3n) is 3.53. The van der Waals surface area contributed by atoms with Gasteiger partial charge < -0.3 is 10.0 Å². The van der Waals surface area contributed by atoms with E-state index in [1.165, 1.54) is 6.07 Å². The molecule has 0 heterocycles. The predicted molar refractivity (Wildman–Crippen MR) is 85.3 cm³/mol. The third kappa shape index (κ3) is 3.55. The molecule has 0 fully saturated rings. The Bertz CT molecular complexity index is 643. The molecule has 0 aliphatic rings. The lowest BCUT2D eigenvalue weighted by Crippen LogP contribution is -2.19. The lowest BCUT2D eigenvalue weighted by atomic mass is 10.0. The van der Waals surface area contributed by atoms with Crippen LogP contribution in [-0.4, -0.2) is 12.2 Å². The van der Waals surface area contributed by atoms with E-state index in [0.717, 1.165) is 11.3 Å². The van der Waals surface area contributed by atoms with Crippen LogP contribution in [0.5, 0.6) is 0 Å². The van der Waals surface area contributed by atoms with Gasteiger partial charge in [0.25, 0.3) is 0 Å². The first-order valence-electron chi connectivity index (χ1n) is 6.82. The molecular formula is C17H19ClFNO. The van der Waals surface area contributed by atoms with E-state index in [2.05, 4.69) is 0 Å². The molecule has 0 saturated carbocycles. The molecule has 112 valence electrons. The Labute approximate surface area is 129 Å². The van der Waals surface area contributed by atoms with Crippen LogP contribution in [0.15, 0.2) is 36.4 Å². The van der Waals surface area contributed by atoms with E-state index < -0.39 is 6.10 Å². The number of aliphatic hydroxyl groups excluding tert-OH is 1. The Balaban J connectivity index is 2.37. The fraction of sp³-hybridized carbons (Fsp3) is 0.294. The van der Waals surface area contributed by atoms with E-state index in [1.807, 2.05) is 36.2 Å². The van der Waals surface area contributed by atoms with Gasteiger partial charge in [0.05, 0.1) is 6.10 Å². The minimum Gasteiger partial charge on any atom is -0.389 e. The van der Waals surface area contributed by atoms with Crippen LogP contribution < -0.4 is 4.90 Å². The molecule has 4 heteroatoms. The SMILES string of the molecule is Cc1cc(N(C)Cc2ccccc2Cl)c([C@H](C)O)cc1F. The molecule has 0 aliphatic carbocycles. The summed E-state index contributed by atoms with van der Waals surface area (Å²) in [6.45, 7) is 3.94. The van der Waals surface area contributed by atoms with E-state index in [0.29, 0.717) is 22.7 Å². The molecule has 0 spiro atoms. The van der Waals surface area contributed by atoms with Crippen molar-refractivity contribution in [3.63, 3.8) is 0 Å². The van der Waals surface area contributed by atoms with E-state index >= 15 is 0 Å². The highest BCUT2D eigenvalue weighted by molar-refractivity contribution is 6.31. The summed E-state index contributed by atoms with van der Waals surface area (Å²) in [4.78, 5) is 1.97. The van der Waals surface area contributed by atoms with Crippen LogP contribution in [0, 0.1) is 12.7 Å². The maximum Gasteiger partial charge on any atom is 0.126 e. The van der Waals surface area contributed by atoms with Gasteiger partial charge in [-0.3, -0.25) is 0 Å². The number of aryl methyl sites for hydroxylation is 1. The standard InChI is InChI=1S/C17H19ClFNO/c1-11-8-17(14(12(2)21)9-16(11)19)20(3)10-13-6-4-5-7-15(13)18/h4-9,12,21H,10H2,1-3H3/t12-/m0/s1. The lowest BCUT2D eigenvalue weighted by Gasteiger charge is -2.25. The second-order valence-electron chi connectivity index (χ2n) is 5.28. The van der Waals surface area contributed by atoms with Crippen LogP contribution in [0.4, 0.5) is 10.1 Å². The van der Waals surface area contributed by atoms with Crippen molar-refractivity contribution in [2.75, 3.05) is 11.9 Å². The third-order valence-corrected chi connectivity index (χ3v) is 3.90. The van der Waals surface area contributed by atoms with Gasteiger partial charge in [0, 0.05) is 29.9 Å². The van der Waals surface area contributed by atoms with Gasteiger partial charge in [-0.1, -0.05) is 29.8 Å². The van der Waals surface area contributed by atoms with Crippen LogP contribution in [0.25, 0.3) is 0 Å². The second kappa shape index (κ2) is 6.46. The zero-order valence-corrected chi connectivity index (χ0v) is 13.2. The average molecular weight is 308 g/mol. The van der Waals surface area contributed by atoms with Crippen molar-refractivity contribution in [3.8, 4) is 0 Å². The van der Waals surface area contributed by atoms with Gasteiger partial charge in [0.2, 0.25) is 0 Å². The fourth-order valence-corrected chi connectivity index (χ4v) is 2.51. The topological polar surface area (TPSA) is 23.5 Å². The monoisotopic (exact) mass is 307 g/mol. The highest BCUT2D eigenvalue weighted by Gasteiger charge is 2.15. The molecule has 21 heavy (non-hydrogen) atoms. The Hall–Kier alpha value is -1.58. The molecule has 2 nitrogen and oxygen atoms in total. The summed E-state index contributed by atoms with van der Waals surface area (Å²) in [7, 11) is 1.90. The quantitative estimate of drug-likeness (QED) is 0.900. The maximum atomic E-state index is 13.7. The van der Waals surface area contributed by atoms with E-state index in [4.69, 9.17) is 11.6 Å². The van der Waals surface area contributed by atoms with Crippen molar-refractivity contribution in [2.45, 2.75) is 26.5 Å². The largest absolute Gasteiger partial charge is 0.389 e. The van der Waals surface area contributed by atoms with Crippen LogP contribution in [0.3, 0.4) is 0 Å². The van der Waals surface area contributed by atoms with Gasteiger partial charge in [-0.05, 0) is 43.2 Å². The normalized spacial score (nSPS) is 12.3. The number of hydrogen-bond donors (Lipinski definition) is 1. The molecule has 0 aromatic heterocycles. The van der Waals surface area contributed by atoms with Crippen LogP contribution in [0.1, 0.15) is 29.7 Å². The molecule has 2 rings (SSSR count). The van der Waals surface area contributed by atoms with Crippen molar-refractivity contribution in [1.82, 2.24) is 0 Å². The number of rotatable bonds is 4. The first-order chi connectivity index (χ1) is 9.90. The van der Waals surface area contributed by atoms with E-state index in [9.17, 15) is 9.50 Å². The zero-order valence-electron chi connectivity index (χ0n) is 12.4. The summed E-state index contributed by atoms with van der Waals surface area (Å²) in [5.41, 5.74) is 2.93. The average Bonchev–Trinajstić information content (AvgIpc) is 2.43. The summed E-state index contributed by atoms with van der Waals surface area (Å²) >= 11 is 6.18. The minimum atomic E-state index is -0.733. The summed E-state index contributed by atoms with van der Waals surface area (Å²) in [6, 6.07) is 10.8. The lowest BCUT2D eigenvalue weighted by molar-refractivity contribution is 0.199. The van der Waals surface area contributed by atoms with Crippen LogP contribution >= 0.6 is 11.6 Å². The van der Waals surface area contributed by atoms with Gasteiger partial charge in [-0.2, -0.15) is 0 Å². The van der Waals surface area contributed by atoms with E-state index in [1.54, 1.807) is 19.9 Å². The zero-order chi connectivity index (χ0) is 15.6. The summed E-state index contributed by atoms with van der Waals surface area (Å²) in [6.07, 6.45) is -0.733. The van der Waals surface area contributed by atoms with Gasteiger partial charge in [0.15, 0.2) is 0 Å². The second-order valence-corrected chi connectivity index (χ2v) is 5.69. The van der Waals surface area contributed by atoms with Gasteiger partial charge in [0.1, 0.15) is 5.82 Å². The molecule has 0 aliphatic heterocycles. The molecule has 0 radical (unpaired) electrons. The molecule has 2 aromatic rings. The highest BCUT2D eigenvalue weighted by atomic mass is 35.5. The van der Waals surface area contributed by atoms with Crippen molar-refractivity contribution in [2.24, 2.45) is 0 Å². The van der Waals surface area contributed by atoms with Crippen molar-refractivity contribution in [3.05, 3.63) is 63.9 Å². The molecule has 1 N–H and O–H groups in total. The molecule has 0 unspecified atom stereocenters. The van der Waals surface area contributed by atoms with Gasteiger partial charge in [-0.15, -0.1) is 0 Å². The predicted octanol–water partition coefficient (Wildman–Crippen LogP) is 4.48. The number of hydrogen-bond acceptors (Lipinski definition) is 2. The molecule has 0 bridgehead atoms. The van der Waals surface area contributed by atoms with Crippen molar-refractivity contribution < 1.29 is 9.50 Å². The van der Waals surface area contributed by atoms with Gasteiger partial charge in [-0.25, -0.2) is 4.39 Å². The number of aliphatic hydroxyl groups is 1. The molecule has 0 amide bonds. The Kier molecular flexibility index (Phi) is 4.86. The van der Waals surface area contributed by atoms with E-state index in [-0.39, 0.29) is 5.82 Å². The maximum absolute atomic E-state index is 13.7. The molecular weight excluding hydrogens is 289 g/mol. The minimum absolute atomic E-state index is 0.305. The molecule has 2 aromatic carbocycles. The van der Waals surface area contributed by atoms with Crippen LogP contribution in [-0.2, 0) is 6.54 Å². The first kappa shape index (κ1) is 15.8. The highest BCUT2D eigenvalue weighted by Crippen LogP contribution is 2.30. The number of benzene rings is 2. The van der Waals surface area contributed by atoms with Crippen LogP contribution in [0.2, 0.25) is 5.02 Å².